The Hall–Kier alpha value is -0.190. The Morgan fingerprint density at radius 1 is 1.45 bits per heavy atom. The standard InChI is InChI=1S/C15H26ClN3S/c1-3-9-17-14(11-20-12-7-5-6-8-12)15-13(16)10-18-19(15)4-2/h10,12,14,17H,3-9,11H2,1-2H3. The SMILES string of the molecule is CCCNC(CSC1CCCC1)c1c(Cl)cnn1CC. The summed E-state index contributed by atoms with van der Waals surface area (Å²) in [4.78, 5) is 0. The zero-order valence-electron chi connectivity index (χ0n) is 12.6. The first-order valence-electron chi connectivity index (χ1n) is 7.82. The number of nitrogens with zero attached hydrogens (tertiary/aromatic N) is 2. The van der Waals surface area contributed by atoms with Gasteiger partial charge in [-0.15, -0.1) is 0 Å². The van der Waals surface area contributed by atoms with E-state index in [0.29, 0.717) is 6.04 Å². The van der Waals surface area contributed by atoms with Gasteiger partial charge in [-0.3, -0.25) is 4.68 Å². The molecule has 2 rings (SSSR count). The van der Waals surface area contributed by atoms with Crippen LogP contribution in [0.25, 0.3) is 0 Å². The van der Waals surface area contributed by atoms with Crippen molar-refractivity contribution in [2.75, 3.05) is 12.3 Å². The third-order valence-corrected chi connectivity index (χ3v) is 5.66. The molecule has 1 aliphatic rings. The summed E-state index contributed by atoms with van der Waals surface area (Å²) < 4.78 is 2.03. The predicted octanol–water partition coefficient (Wildman–Crippen LogP) is 4.27. The lowest BCUT2D eigenvalue weighted by atomic mass is 10.2. The Labute approximate surface area is 131 Å². The second-order valence-corrected chi connectivity index (χ2v) is 7.18. The maximum Gasteiger partial charge on any atom is 0.0834 e. The number of aromatic nitrogens is 2. The lowest BCUT2D eigenvalue weighted by Gasteiger charge is -2.21. The maximum absolute atomic E-state index is 6.36. The minimum absolute atomic E-state index is 0.315. The smallest absolute Gasteiger partial charge is 0.0834 e. The van der Waals surface area contributed by atoms with Crippen LogP contribution in [-0.2, 0) is 6.54 Å². The summed E-state index contributed by atoms with van der Waals surface area (Å²) in [5.41, 5.74) is 1.16. The van der Waals surface area contributed by atoms with Crippen LogP contribution in [0.1, 0.15) is 57.7 Å². The van der Waals surface area contributed by atoms with Crippen LogP contribution in [0, 0.1) is 0 Å². The largest absolute Gasteiger partial charge is 0.308 e. The average Bonchev–Trinajstić information content (AvgIpc) is 3.09. The van der Waals surface area contributed by atoms with Gasteiger partial charge in [-0.05, 0) is 32.7 Å². The van der Waals surface area contributed by atoms with Gasteiger partial charge in [-0.25, -0.2) is 0 Å². The summed E-state index contributed by atoms with van der Waals surface area (Å²) in [5.74, 6) is 1.09. The summed E-state index contributed by atoms with van der Waals surface area (Å²) in [6.45, 7) is 6.22. The molecule has 1 N–H and O–H groups in total. The Morgan fingerprint density at radius 2 is 2.20 bits per heavy atom. The van der Waals surface area contributed by atoms with E-state index in [1.54, 1.807) is 6.20 Å². The monoisotopic (exact) mass is 315 g/mol. The van der Waals surface area contributed by atoms with Crippen LogP contribution < -0.4 is 5.32 Å². The second kappa shape index (κ2) is 8.30. The summed E-state index contributed by atoms with van der Waals surface area (Å²) in [5, 5.41) is 9.67. The highest BCUT2D eigenvalue weighted by Gasteiger charge is 2.22. The molecule has 1 saturated carbocycles. The van der Waals surface area contributed by atoms with Crippen LogP contribution in [0.4, 0.5) is 0 Å². The predicted molar refractivity (Wildman–Crippen MR) is 88.7 cm³/mol. The van der Waals surface area contributed by atoms with E-state index < -0.39 is 0 Å². The van der Waals surface area contributed by atoms with Crippen molar-refractivity contribution < 1.29 is 0 Å². The molecular formula is C15H26ClN3S. The molecule has 20 heavy (non-hydrogen) atoms. The molecule has 0 amide bonds. The topological polar surface area (TPSA) is 29.9 Å². The van der Waals surface area contributed by atoms with Crippen molar-refractivity contribution in [1.82, 2.24) is 15.1 Å². The first-order chi connectivity index (χ1) is 9.76. The van der Waals surface area contributed by atoms with Crippen molar-refractivity contribution in [3.05, 3.63) is 16.9 Å². The molecule has 1 fully saturated rings. The van der Waals surface area contributed by atoms with Crippen molar-refractivity contribution in [3.8, 4) is 0 Å². The van der Waals surface area contributed by atoms with Crippen LogP contribution in [0.5, 0.6) is 0 Å². The van der Waals surface area contributed by atoms with Crippen molar-refractivity contribution in [2.24, 2.45) is 0 Å². The van der Waals surface area contributed by atoms with Gasteiger partial charge >= 0.3 is 0 Å². The first kappa shape index (κ1) is 16.2. The summed E-state index contributed by atoms with van der Waals surface area (Å²) in [7, 11) is 0. The Balaban J connectivity index is 2.03. The van der Waals surface area contributed by atoms with Gasteiger partial charge in [-0.1, -0.05) is 31.4 Å². The molecule has 114 valence electrons. The molecule has 0 bridgehead atoms. The maximum atomic E-state index is 6.36. The molecule has 0 saturated heterocycles. The lowest BCUT2D eigenvalue weighted by Crippen LogP contribution is -2.27. The Bertz CT molecular complexity index is 402. The number of hydrogen-bond acceptors (Lipinski definition) is 3. The van der Waals surface area contributed by atoms with Crippen molar-refractivity contribution in [2.45, 2.75) is 63.8 Å². The van der Waals surface area contributed by atoms with Crippen LogP contribution in [-0.4, -0.2) is 27.3 Å². The molecule has 1 heterocycles. The number of thioether (sulfide) groups is 1. The van der Waals surface area contributed by atoms with Crippen LogP contribution in [0.3, 0.4) is 0 Å². The van der Waals surface area contributed by atoms with Gasteiger partial charge in [0.1, 0.15) is 0 Å². The van der Waals surface area contributed by atoms with Gasteiger partial charge in [-0.2, -0.15) is 16.9 Å². The van der Waals surface area contributed by atoms with Gasteiger partial charge in [0.05, 0.1) is 23.0 Å². The summed E-state index contributed by atoms with van der Waals surface area (Å²) in [6.07, 6.45) is 8.48. The molecule has 0 radical (unpaired) electrons. The molecule has 5 heteroatoms. The normalized spacial score (nSPS) is 17.8. The number of halogens is 1. The molecule has 0 aliphatic heterocycles. The number of aryl methyl sites for hydroxylation is 1. The highest BCUT2D eigenvalue weighted by Crippen LogP contribution is 2.33. The van der Waals surface area contributed by atoms with E-state index in [0.717, 1.165) is 41.2 Å². The van der Waals surface area contributed by atoms with Gasteiger partial charge in [0, 0.05) is 17.5 Å². The fourth-order valence-corrected chi connectivity index (χ4v) is 4.49. The van der Waals surface area contributed by atoms with Crippen molar-refractivity contribution >= 4 is 23.4 Å². The van der Waals surface area contributed by atoms with Crippen LogP contribution >= 0.6 is 23.4 Å². The molecule has 3 nitrogen and oxygen atoms in total. The van der Waals surface area contributed by atoms with E-state index >= 15 is 0 Å². The second-order valence-electron chi connectivity index (χ2n) is 5.44. The molecule has 0 spiro atoms. The van der Waals surface area contributed by atoms with E-state index in [2.05, 4.69) is 36.0 Å². The number of nitrogens with one attached hydrogen (secondary N) is 1. The van der Waals surface area contributed by atoms with Crippen LogP contribution in [0.15, 0.2) is 6.20 Å². The van der Waals surface area contributed by atoms with E-state index in [1.807, 2.05) is 4.68 Å². The zero-order chi connectivity index (χ0) is 14.4. The fraction of sp³-hybridized carbons (Fsp3) is 0.800. The molecular weight excluding hydrogens is 290 g/mol. The Morgan fingerprint density at radius 3 is 2.85 bits per heavy atom. The van der Waals surface area contributed by atoms with E-state index in [1.165, 1.54) is 25.7 Å². The minimum Gasteiger partial charge on any atom is -0.308 e. The quantitative estimate of drug-likeness (QED) is 0.777. The Kier molecular flexibility index (Phi) is 6.72. The minimum atomic E-state index is 0.315. The van der Waals surface area contributed by atoms with Crippen molar-refractivity contribution in [3.63, 3.8) is 0 Å². The summed E-state index contributed by atoms with van der Waals surface area (Å²) in [6, 6.07) is 0.315. The molecule has 0 aromatic carbocycles. The van der Waals surface area contributed by atoms with E-state index in [-0.39, 0.29) is 0 Å². The first-order valence-corrected chi connectivity index (χ1v) is 9.25. The number of hydrogen-bond donors (Lipinski definition) is 1. The van der Waals surface area contributed by atoms with Gasteiger partial charge in [0.25, 0.3) is 0 Å². The molecule has 1 aromatic rings. The molecule has 1 unspecified atom stereocenters. The summed E-state index contributed by atoms with van der Waals surface area (Å²) >= 11 is 8.47. The van der Waals surface area contributed by atoms with Crippen molar-refractivity contribution in [1.29, 1.82) is 0 Å². The third-order valence-electron chi connectivity index (χ3n) is 3.90. The molecule has 1 aliphatic carbocycles. The molecule has 1 atom stereocenters. The third kappa shape index (κ3) is 4.15. The molecule has 1 aromatic heterocycles. The zero-order valence-corrected chi connectivity index (χ0v) is 14.1. The fourth-order valence-electron chi connectivity index (χ4n) is 2.81. The van der Waals surface area contributed by atoms with Crippen LogP contribution in [0.2, 0.25) is 5.02 Å². The van der Waals surface area contributed by atoms with E-state index in [9.17, 15) is 0 Å². The highest BCUT2D eigenvalue weighted by molar-refractivity contribution is 7.99. The average molecular weight is 316 g/mol. The lowest BCUT2D eigenvalue weighted by molar-refractivity contribution is 0.514. The number of rotatable bonds is 8. The van der Waals surface area contributed by atoms with E-state index in [4.69, 9.17) is 11.6 Å². The highest BCUT2D eigenvalue weighted by atomic mass is 35.5. The van der Waals surface area contributed by atoms with Gasteiger partial charge in [0.15, 0.2) is 0 Å². The van der Waals surface area contributed by atoms with Gasteiger partial charge in [0.2, 0.25) is 0 Å². The van der Waals surface area contributed by atoms with Gasteiger partial charge < -0.3 is 5.32 Å².